The zero-order valence-electron chi connectivity index (χ0n) is 19.5. The molecule has 5 nitrogen and oxygen atoms in total. The fraction of sp³-hybridized carbons (Fsp3) is 0.600. The molecule has 6 heteroatoms. The van der Waals surface area contributed by atoms with Crippen molar-refractivity contribution < 1.29 is 14.7 Å². The standard InChI is InChI=1S/C25H35ClN2O3/c1-24(2,3)10-9-15-7-8-16(13-20(15)26)21-19(25(4,5)6)14-28(23(31)27-21)18-11-17(12-18)22(29)30/h7-8,13-14,17-18,21H,9-12H2,1-6H3,(H,27,31)(H,29,30). The SMILES string of the molecule is CC(C)(C)CCc1ccc(C2NC(=O)N(C3CC(C(=O)O)C3)C=C2C(C)(C)C)cc1Cl. The van der Waals surface area contributed by atoms with Crippen LogP contribution in [0.25, 0.3) is 0 Å². The molecule has 1 fully saturated rings. The summed E-state index contributed by atoms with van der Waals surface area (Å²) in [6.45, 7) is 13.0. The first-order chi connectivity index (χ1) is 14.3. The summed E-state index contributed by atoms with van der Waals surface area (Å²) in [5.41, 5.74) is 3.25. The van der Waals surface area contributed by atoms with Crippen LogP contribution in [0.4, 0.5) is 4.79 Å². The summed E-state index contributed by atoms with van der Waals surface area (Å²) in [6, 6.07) is 5.61. The third-order valence-corrected chi connectivity index (χ3v) is 6.72. The van der Waals surface area contributed by atoms with E-state index in [1.165, 1.54) is 0 Å². The van der Waals surface area contributed by atoms with Crippen molar-refractivity contribution in [3.05, 3.63) is 46.1 Å². The Morgan fingerprint density at radius 3 is 2.35 bits per heavy atom. The number of carboxylic acid groups (broad SMARTS) is 1. The molecule has 1 atom stereocenters. The number of hydrogen-bond donors (Lipinski definition) is 2. The van der Waals surface area contributed by atoms with Gasteiger partial charge in [-0.15, -0.1) is 0 Å². The summed E-state index contributed by atoms with van der Waals surface area (Å²) in [5.74, 6) is -1.14. The Morgan fingerprint density at radius 2 is 1.84 bits per heavy atom. The lowest BCUT2D eigenvalue weighted by atomic mass is 9.76. The number of carbonyl (C=O) groups is 2. The van der Waals surface area contributed by atoms with E-state index in [4.69, 9.17) is 11.6 Å². The molecule has 0 saturated heterocycles. The first-order valence-corrected chi connectivity index (χ1v) is 11.5. The quantitative estimate of drug-likeness (QED) is 0.567. The molecular weight excluding hydrogens is 412 g/mol. The van der Waals surface area contributed by atoms with E-state index in [1.54, 1.807) is 4.90 Å². The predicted molar refractivity (Wildman–Crippen MR) is 124 cm³/mol. The number of benzene rings is 1. The average molecular weight is 447 g/mol. The number of rotatable bonds is 5. The molecule has 1 saturated carbocycles. The summed E-state index contributed by atoms with van der Waals surface area (Å²) in [6.07, 6.45) is 4.90. The maximum atomic E-state index is 12.9. The molecule has 31 heavy (non-hydrogen) atoms. The second kappa shape index (κ2) is 8.50. The van der Waals surface area contributed by atoms with Crippen molar-refractivity contribution in [2.45, 2.75) is 79.3 Å². The molecule has 2 N–H and O–H groups in total. The molecule has 170 valence electrons. The molecule has 1 aliphatic heterocycles. The Balaban J connectivity index is 1.85. The van der Waals surface area contributed by atoms with Crippen molar-refractivity contribution in [2.24, 2.45) is 16.7 Å². The Morgan fingerprint density at radius 1 is 1.19 bits per heavy atom. The number of carboxylic acids is 1. The van der Waals surface area contributed by atoms with Gasteiger partial charge in [0.25, 0.3) is 0 Å². The molecule has 0 spiro atoms. The van der Waals surface area contributed by atoms with Crippen LogP contribution in [0, 0.1) is 16.7 Å². The van der Waals surface area contributed by atoms with E-state index in [-0.39, 0.29) is 34.9 Å². The number of nitrogens with zero attached hydrogens (tertiary/aromatic N) is 1. The molecule has 0 bridgehead atoms. The van der Waals surface area contributed by atoms with E-state index in [0.717, 1.165) is 34.6 Å². The smallest absolute Gasteiger partial charge is 0.322 e. The van der Waals surface area contributed by atoms with Crippen LogP contribution in [0.5, 0.6) is 0 Å². The van der Waals surface area contributed by atoms with E-state index in [9.17, 15) is 14.7 Å². The number of hydrogen-bond acceptors (Lipinski definition) is 2. The normalized spacial score (nSPS) is 24.4. The Kier molecular flexibility index (Phi) is 6.48. The summed E-state index contributed by atoms with van der Waals surface area (Å²) in [4.78, 5) is 25.8. The van der Waals surface area contributed by atoms with E-state index >= 15 is 0 Å². The summed E-state index contributed by atoms with van der Waals surface area (Å²) >= 11 is 6.63. The largest absolute Gasteiger partial charge is 0.481 e. The highest BCUT2D eigenvalue weighted by Crippen LogP contribution is 2.42. The minimum absolute atomic E-state index is 0.0669. The van der Waals surface area contributed by atoms with E-state index < -0.39 is 5.97 Å². The third-order valence-electron chi connectivity index (χ3n) is 6.37. The second-order valence-electron chi connectivity index (χ2n) is 11.2. The zero-order chi connectivity index (χ0) is 23.1. The van der Waals surface area contributed by atoms with Crippen LogP contribution < -0.4 is 5.32 Å². The van der Waals surface area contributed by atoms with Gasteiger partial charge in [-0.25, -0.2) is 4.79 Å². The first kappa shape index (κ1) is 23.6. The molecule has 1 aliphatic carbocycles. The molecule has 2 amide bonds. The molecule has 1 unspecified atom stereocenters. The van der Waals surface area contributed by atoms with Crippen molar-refractivity contribution in [2.75, 3.05) is 0 Å². The lowest BCUT2D eigenvalue weighted by Gasteiger charge is -2.45. The monoisotopic (exact) mass is 446 g/mol. The molecular formula is C25H35ClN2O3. The van der Waals surface area contributed by atoms with Crippen molar-refractivity contribution in [3.8, 4) is 0 Å². The van der Waals surface area contributed by atoms with Gasteiger partial charge < -0.3 is 10.4 Å². The van der Waals surface area contributed by atoms with Gasteiger partial charge in [0.1, 0.15) is 0 Å². The molecule has 1 heterocycles. The number of carbonyl (C=O) groups excluding carboxylic acids is 1. The molecule has 1 aromatic rings. The van der Waals surface area contributed by atoms with E-state index in [0.29, 0.717) is 12.8 Å². The van der Waals surface area contributed by atoms with Crippen molar-refractivity contribution >= 4 is 23.6 Å². The van der Waals surface area contributed by atoms with Crippen molar-refractivity contribution in [1.82, 2.24) is 10.2 Å². The summed E-state index contributed by atoms with van der Waals surface area (Å²) in [5, 5.41) is 13.1. The van der Waals surface area contributed by atoms with Gasteiger partial charge in [0.05, 0.1) is 12.0 Å². The van der Waals surface area contributed by atoms with Gasteiger partial charge in [-0.05, 0) is 59.3 Å². The van der Waals surface area contributed by atoms with Crippen molar-refractivity contribution in [3.63, 3.8) is 0 Å². The van der Waals surface area contributed by atoms with Crippen LogP contribution in [0.1, 0.15) is 78.0 Å². The molecule has 0 radical (unpaired) electrons. The van der Waals surface area contributed by atoms with Gasteiger partial charge in [-0.2, -0.15) is 0 Å². The first-order valence-electron chi connectivity index (χ1n) is 11.1. The highest BCUT2D eigenvalue weighted by atomic mass is 35.5. The fourth-order valence-corrected chi connectivity index (χ4v) is 4.48. The van der Waals surface area contributed by atoms with Crippen LogP contribution in [-0.2, 0) is 11.2 Å². The molecule has 0 aromatic heterocycles. The van der Waals surface area contributed by atoms with Crippen LogP contribution in [0.3, 0.4) is 0 Å². The fourth-order valence-electron chi connectivity index (χ4n) is 4.19. The number of aliphatic carboxylic acids is 1. The lowest BCUT2D eigenvalue weighted by molar-refractivity contribution is -0.146. The van der Waals surface area contributed by atoms with Crippen LogP contribution >= 0.6 is 11.6 Å². The predicted octanol–water partition coefficient (Wildman–Crippen LogP) is 6.18. The molecule has 2 aliphatic rings. The van der Waals surface area contributed by atoms with Gasteiger partial charge in [0.2, 0.25) is 0 Å². The minimum atomic E-state index is -0.784. The Bertz CT molecular complexity index is 889. The summed E-state index contributed by atoms with van der Waals surface area (Å²) in [7, 11) is 0. The van der Waals surface area contributed by atoms with Crippen LogP contribution in [-0.4, -0.2) is 28.0 Å². The number of nitrogens with one attached hydrogen (secondary N) is 1. The average Bonchev–Trinajstić information content (AvgIpc) is 2.58. The molecule has 3 rings (SSSR count). The lowest BCUT2D eigenvalue weighted by Crippen LogP contribution is -2.54. The van der Waals surface area contributed by atoms with Crippen LogP contribution in [0.15, 0.2) is 30.0 Å². The van der Waals surface area contributed by atoms with Gasteiger partial charge in [-0.1, -0.05) is 65.3 Å². The zero-order valence-corrected chi connectivity index (χ0v) is 20.2. The number of urea groups is 1. The minimum Gasteiger partial charge on any atom is -0.481 e. The highest BCUT2D eigenvalue weighted by molar-refractivity contribution is 6.31. The van der Waals surface area contributed by atoms with Gasteiger partial charge in [-0.3, -0.25) is 9.69 Å². The van der Waals surface area contributed by atoms with Crippen LogP contribution in [0.2, 0.25) is 5.02 Å². The van der Waals surface area contributed by atoms with Gasteiger partial charge in [0, 0.05) is 17.3 Å². The summed E-state index contributed by atoms with van der Waals surface area (Å²) < 4.78 is 0. The van der Waals surface area contributed by atoms with Gasteiger partial charge >= 0.3 is 12.0 Å². The second-order valence-corrected chi connectivity index (χ2v) is 11.6. The van der Waals surface area contributed by atoms with E-state index in [2.05, 4.69) is 59.0 Å². The highest BCUT2D eigenvalue weighted by Gasteiger charge is 2.43. The number of halogens is 1. The van der Waals surface area contributed by atoms with E-state index in [1.807, 2.05) is 12.3 Å². The van der Waals surface area contributed by atoms with Crippen molar-refractivity contribution in [1.29, 1.82) is 0 Å². The number of aryl methyl sites for hydroxylation is 1. The third kappa shape index (κ3) is 5.43. The Labute approximate surface area is 190 Å². The van der Waals surface area contributed by atoms with Gasteiger partial charge in [0.15, 0.2) is 0 Å². The molecule has 1 aromatic carbocycles. The maximum Gasteiger partial charge on any atom is 0.322 e. The number of amides is 2. The maximum absolute atomic E-state index is 12.9. The Hall–Kier alpha value is -2.01. The topological polar surface area (TPSA) is 69.6 Å².